The van der Waals surface area contributed by atoms with E-state index in [1.807, 2.05) is 19.9 Å². The van der Waals surface area contributed by atoms with Crippen molar-refractivity contribution >= 4 is 16.9 Å². The molecule has 0 aromatic carbocycles. The molecule has 3 N–H and O–H groups in total. The monoisotopic (exact) mass is 189 g/mol. The summed E-state index contributed by atoms with van der Waals surface area (Å²) in [7, 11) is 0. The second-order valence-electron chi connectivity index (χ2n) is 3.35. The van der Waals surface area contributed by atoms with Crippen molar-refractivity contribution in [3.8, 4) is 0 Å². The lowest BCUT2D eigenvalue weighted by molar-refractivity contribution is 0.100. The van der Waals surface area contributed by atoms with Crippen molar-refractivity contribution in [1.82, 2.24) is 9.97 Å². The normalized spacial score (nSPS) is 10.7. The van der Waals surface area contributed by atoms with Gasteiger partial charge in [0.25, 0.3) is 5.91 Å². The fourth-order valence-corrected chi connectivity index (χ4v) is 1.43. The average Bonchev–Trinajstić information content (AvgIpc) is 2.48. The van der Waals surface area contributed by atoms with Gasteiger partial charge in [-0.2, -0.15) is 0 Å². The van der Waals surface area contributed by atoms with E-state index in [1.165, 1.54) is 0 Å². The van der Waals surface area contributed by atoms with Gasteiger partial charge in [0, 0.05) is 11.9 Å². The van der Waals surface area contributed by atoms with Crippen molar-refractivity contribution in [3.05, 3.63) is 29.1 Å². The molecule has 4 nitrogen and oxygen atoms in total. The van der Waals surface area contributed by atoms with Gasteiger partial charge in [-0.15, -0.1) is 0 Å². The predicted molar refractivity (Wildman–Crippen MR) is 54.1 cm³/mol. The van der Waals surface area contributed by atoms with Crippen LogP contribution in [-0.2, 0) is 0 Å². The van der Waals surface area contributed by atoms with E-state index in [-0.39, 0.29) is 0 Å². The molecule has 0 radical (unpaired) electrons. The Kier molecular flexibility index (Phi) is 1.77. The lowest BCUT2D eigenvalue weighted by atomic mass is 10.2. The van der Waals surface area contributed by atoms with Gasteiger partial charge in [-0.1, -0.05) is 0 Å². The number of hydrogen-bond donors (Lipinski definition) is 2. The van der Waals surface area contributed by atoms with E-state index in [0.29, 0.717) is 11.1 Å². The van der Waals surface area contributed by atoms with E-state index in [4.69, 9.17) is 5.73 Å². The van der Waals surface area contributed by atoms with Gasteiger partial charge in [0.1, 0.15) is 5.52 Å². The zero-order valence-electron chi connectivity index (χ0n) is 8.09. The third-order valence-electron chi connectivity index (χ3n) is 2.36. The summed E-state index contributed by atoms with van der Waals surface area (Å²) in [6.45, 7) is 3.89. The highest BCUT2D eigenvalue weighted by Gasteiger charge is 2.10. The molecule has 0 aliphatic carbocycles. The molecule has 1 amide bonds. The van der Waals surface area contributed by atoms with Crippen LogP contribution in [0.5, 0.6) is 0 Å². The summed E-state index contributed by atoms with van der Waals surface area (Å²) in [4.78, 5) is 18.3. The zero-order valence-corrected chi connectivity index (χ0v) is 8.09. The maximum atomic E-state index is 11.0. The number of hydrogen-bond acceptors (Lipinski definition) is 2. The lowest BCUT2D eigenvalue weighted by Crippen LogP contribution is -2.10. The number of nitrogens with two attached hydrogens (primary N) is 1. The highest BCUT2D eigenvalue weighted by Crippen LogP contribution is 2.18. The van der Waals surface area contributed by atoms with Crippen molar-refractivity contribution in [1.29, 1.82) is 0 Å². The van der Waals surface area contributed by atoms with Crippen molar-refractivity contribution in [2.24, 2.45) is 5.73 Å². The first-order chi connectivity index (χ1) is 6.59. The molecular formula is C10H11N3O. The Hall–Kier alpha value is -1.84. The standard InChI is InChI=1S/C10H11N3O/c1-5-3-8-9(13-6(5)2)7(4-12-8)10(11)14/h3-4,12H,1-2H3,(H2,11,14). The summed E-state index contributed by atoms with van der Waals surface area (Å²) >= 11 is 0. The van der Waals surface area contributed by atoms with Crippen LogP contribution in [0.3, 0.4) is 0 Å². The molecule has 0 aliphatic heterocycles. The van der Waals surface area contributed by atoms with E-state index < -0.39 is 5.91 Å². The van der Waals surface area contributed by atoms with Crippen LogP contribution in [-0.4, -0.2) is 15.9 Å². The van der Waals surface area contributed by atoms with Gasteiger partial charge in [0.05, 0.1) is 11.1 Å². The summed E-state index contributed by atoms with van der Waals surface area (Å²) in [5.74, 6) is -0.452. The van der Waals surface area contributed by atoms with E-state index >= 15 is 0 Å². The Morgan fingerprint density at radius 3 is 2.86 bits per heavy atom. The third-order valence-corrected chi connectivity index (χ3v) is 2.36. The number of pyridine rings is 1. The molecular weight excluding hydrogens is 178 g/mol. The van der Waals surface area contributed by atoms with Gasteiger partial charge in [0.2, 0.25) is 0 Å². The van der Waals surface area contributed by atoms with E-state index in [0.717, 1.165) is 16.8 Å². The topological polar surface area (TPSA) is 71.8 Å². The van der Waals surface area contributed by atoms with E-state index in [2.05, 4.69) is 9.97 Å². The molecule has 0 fully saturated rings. The molecule has 0 atom stereocenters. The van der Waals surface area contributed by atoms with Gasteiger partial charge in [-0.05, 0) is 25.5 Å². The number of aromatic nitrogens is 2. The van der Waals surface area contributed by atoms with Gasteiger partial charge in [-0.25, -0.2) is 0 Å². The minimum Gasteiger partial charge on any atom is -0.365 e. The van der Waals surface area contributed by atoms with Crippen LogP contribution >= 0.6 is 0 Å². The minimum atomic E-state index is -0.452. The highest BCUT2D eigenvalue weighted by molar-refractivity contribution is 6.04. The first-order valence-corrected chi connectivity index (χ1v) is 4.34. The number of primary amides is 1. The number of amides is 1. The van der Waals surface area contributed by atoms with Crippen LogP contribution in [0.4, 0.5) is 0 Å². The number of carbonyl (C=O) groups excluding carboxylic acids is 1. The molecule has 0 bridgehead atoms. The Balaban J connectivity index is 2.80. The number of carbonyl (C=O) groups is 1. The summed E-state index contributed by atoms with van der Waals surface area (Å²) in [5.41, 5.74) is 9.17. The van der Waals surface area contributed by atoms with Crippen LogP contribution < -0.4 is 5.73 Å². The Morgan fingerprint density at radius 1 is 1.50 bits per heavy atom. The molecule has 0 saturated heterocycles. The maximum Gasteiger partial charge on any atom is 0.252 e. The van der Waals surface area contributed by atoms with Crippen LogP contribution in [0.1, 0.15) is 21.6 Å². The number of rotatable bonds is 1. The first-order valence-electron chi connectivity index (χ1n) is 4.34. The van der Waals surface area contributed by atoms with Gasteiger partial charge < -0.3 is 10.7 Å². The number of nitrogens with one attached hydrogen (secondary N) is 1. The second-order valence-corrected chi connectivity index (χ2v) is 3.35. The summed E-state index contributed by atoms with van der Waals surface area (Å²) < 4.78 is 0. The number of aryl methyl sites for hydroxylation is 2. The fraction of sp³-hybridized carbons (Fsp3) is 0.200. The van der Waals surface area contributed by atoms with Gasteiger partial charge in [-0.3, -0.25) is 9.78 Å². The summed E-state index contributed by atoms with van der Waals surface area (Å²) in [6.07, 6.45) is 1.60. The average molecular weight is 189 g/mol. The fourth-order valence-electron chi connectivity index (χ4n) is 1.43. The second kappa shape index (κ2) is 2.83. The molecule has 0 spiro atoms. The van der Waals surface area contributed by atoms with Gasteiger partial charge >= 0.3 is 0 Å². The first kappa shape index (κ1) is 8.74. The highest BCUT2D eigenvalue weighted by atomic mass is 16.1. The van der Waals surface area contributed by atoms with Crippen LogP contribution in [0.15, 0.2) is 12.3 Å². The van der Waals surface area contributed by atoms with Gasteiger partial charge in [0.15, 0.2) is 0 Å². The number of aromatic amines is 1. The maximum absolute atomic E-state index is 11.0. The minimum absolute atomic E-state index is 0.447. The summed E-state index contributed by atoms with van der Waals surface area (Å²) in [5, 5.41) is 0. The van der Waals surface area contributed by atoms with Crippen molar-refractivity contribution in [2.45, 2.75) is 13.8 Å². The largest absolute Gasteiger partial charge is 0.365 e. The molecule has 72 valence electrons. The van der Waals surface area contributed by atoms with Crippen LogP contribution in [0.2, 0.25) is 0 Å². The Labute approximate surface area is 81.1 Å². The quantitative estimate of drug-likeness (QED) is 0.709. The molecule has 2 aromatic heterocycles. The molecule has 0 aliphatic rings. The molecule has 0 saturated carbocycles. The molecule has 4 heteroatoms. The third kappa shape index (κ3) is 1.16. The zero-order chi connectivity index (χ0) is 10.3. The molecule has 2 rings (SSSR count). The number of H-pyrrole nitrogens is 1. The van der Waals surface area contributed by atoms with E-state index in [9.17, 15) is 4.79 Å². The lowest BCUT2D eigenvalue weighted by Gasteiger charge is -1.99. The molecule has 2 aromatic rings. The van der Waals surface area contributed by atoms with E-state index in [1.54, 1.807) is 6.20 Å². The van der Waals surface area contributed by atoms with Crippen molar-refractivity contribution < 1.29 is 4.79 Å². The number of nitrogens with zero attached hydrogens (tertiary/aromatic N) is 1. The van der Waals surface area contributed by atoms with Crippen LogP contribution in [0.25, 0.3) is 11.0 Å². The molecule has 14 heavy (non-hydrogen) atoms. The van der Waals surface area contributed by atoms with Crippen molar-refractivity contribution in [3.63, 3.8) is 0 Å². The molecule has 0 unspecified atom stereocenters. The number of fused-ring (bicyclic) bond motifs is 1. The van der Waals surface area contributed by atoms with Crippen molar-refractivity contribution in [2.75, 3.05) is 0 Å². The van der Waals surface area contributed by atoms with Crippen LogP contribution in [0, 0.1) is 13.8 Å². The molecule has 2 heterocycles. The summed E-state index contributed by atoms with van der Waals surface area (Å²) in [6, 6.07) is 1.96. The predicted octanol–water partition coefficient (Wildman–Crippen LogP) is 1.28. The Bertz CT molecular complexity index is 513. The smallest absolute Gasteiger partial charge is 0.252 e. The Morgan fingerprint density at radius 2 is 2.21 bits per heavy atom. The SMILES string of the molecule is Cc1cc2[nH]cc(C(N)=O)c2nc1C.